The zero-order valence-electron chi connectivity index (χ0n) is 44.6. The van der Waals surface area contributed by atoms with Gasteiger partial charge in [-0.1, -0.05) is 73.6 Å². The third kappa shape index (κ3) is 18.6. The van der Waals surface area contributed by atoms with Crippen LogP contribution in [-0.2, 0) is 37.9 Å². The van der Waals surface area contributed by atoms with Crippen molar-refractivity contribution in [2.24, 2.45) is 39.4 Å². The first kappa shape index (κ1) is 58.2. The maximum atomic E-state index is 11.7. The Kier molecular flexibility index (Phi) is 21.3. The van der Waals surface area contributed by atoms with Gasteiger partial charge in [-0.15, -0.1) is 6.58 Å². The van der Waals surface area contributed by atoms with Crippen molar-refractivity contribution in [3.8, 4) is 0 Å². The Balaban J connectivity index is 1.75. The molecule has 2 aliphatic carbocycles. The highest BCUT2D eigenvalue weighted by atomic mass is 16.6. The SMILES string of the molecule is C=CC(=O)OC(C)(C)CCOC(C)(C)C(C)(C)CCCCOC(C)(C)CC1(C)CC(C2CCC(C)(CC(C)(C)OCCCCC(C)(C)C(C)(C)OC[B]OC(=O)C(=C)C)CC2C=C)C1. The van der Waals surface area contributed by atoms with E-state index >= 15 is 0 Å². The molecular formula is C55H98BO8. The Morgan fingerprint density at radius 2 is 1.16 bits per heavy atom. The second-order valence-corrected chi connectivity index (χ2v) is 25.0. The van der Waals surface area contributed by atoms with Gasteiger partial charge in [-0.05, 0) is 186 Å². The van der Waals surface area contributed by atoms with Gasteiger partial charge in [0.25, 0.3) is 0 Å². The van der Waals surface area contributed by atoms with Gasteiger partial charge in [0.15, 0.2) is 0 Å². The van der Waals surface area contributed by atoms with E-state index in [0.29, 0.717) is 35.9 Å². The molecule has 3 unspecified atom stereocenters. The number of ether oxygens (including phenoxy) is 5. The van der Waals surface area contributed by atoms with Gasteiger partial charge in [0.2, 0.25) is 0 Å². The van der Waals surface area contributed by atoms with E-state index < -0.39 is 17.5 Å². The van der Waals surface area contributed by atoms with Crippen LogP contribution in [0.4, 0.5) is 0 Å². The molecule has 0 aliphatic heterocycles. The number of allylic oxidation sites excluding steroid dienone is 1. The van der Waals surface area contributed by atoms with E-state index in [4.69, 9.17) is 28.3 Å². The third-order valence-electron chi connectivity index (χ3n) is 15.9. The van der Waals surface area contributed by atoms with Crippen LogP contribution in [0.1, 0.15) is 208 Å². The molecule has 1 radical (unpaired) electrons. The molecule has 0 heterocycles. The number of rotatable bonds is 31. The van der Waals surface area contributed by atoms with Crippen molar-refractivity contribution >= 4 is 19.4 Å². The number of carbonyl (C=O) groups is 2. The monoisotopic (exact) mass is 898 g/mol. The van der Waals surface area contributed by atoms with E-state index in [9.17, 15) is 9.59 Å². The summed E-state index contributed by atoms with van der Waals surface area (Å²) in [4.78, 5) is 23.4. The van der Waals surface area contributed by atoms with Crippen molar-refractivity contribution in [3.05, 3.63) is 37.5 Å². The molecule has 0 aromatic carbocycles. The Morgan fingerprint density at radius 1 is 0.656 bits per heavy atom. The minimum atomic E-state index is -0.599. The first-order valence-electron chi connectivity index (χ1n) is 24.9. The fourth-order valence-corrected chi connectivity index (χ4v) is 10.8. The molecule has 0 aromatic rings. The van der Waals surface area contributed by atoms with Gasteiger partial charge < -0.3 is 28.3 Å². The van der Waals surface area contributed by atoms with Crippen LogP contribution in [0.5, 0.6) is 0 Å². The maximum absolute atomic E-state index is 11.7. The van der Waals surface area contributed by atoms with Gasteiger partial charge in [0, 0.05) is 31.3 Å². The van der Waals surface area contributed by atoms with Gasteiger partial charge in [-0.3, -0.25) is 0 Å². The smallest absolute Gasteiger partial charge is 0.402 e. The molecule has 0 amide bonds. The average molecular weight is 898 g/mol. The molecule has 369 valence electrons. The largest absolute Gasteiger partial charge is 0.533 e. The molecular weight excluding hydrogens is 799 g/mol. The number of hydrogen-bond donors (Lipinski definition) is 0. The predicted octanol–water partition coefficient (Wildman–Crippen LogP) is 14.0. The maximum Gasteiger partial charge on any atom is 0.402 e. The van der Waals surface area contributed by atoms with E-state index in [1.807, 2.05) is 13.8 Å². The zero-order chi connectivity index (χ0) is 49.1. The summed E-state index contributed by atoms with van der Waals surface area (Å²) in [6, 6.07) is 0. The van der Waals surface area contributed by atoms with Crippen LogP contribution in [0.25, 0.3) is 0 Å². The first-order chi connectivity index (χ1) is 29.1. The van der Waals surface area contributed by atoms with Crippen molar-refractivity contribution in [2.75, 3.05) is 26.3 Å². The lowest BCUT2D eigenvalue weighted by atomic mass is 9.51. The highest BCUT2D eigenvalue weighted by molar-refractivity contribution is 6.31. The Morgan fingerprint density at radius 3 is 1.64 bits per heavy atom. The van der Waals surface area contributed by atoms with E-state index in [0.717, 1.165) is 70.5 Å². The first-order valence-corrected chi connectivity index (χ1v) is 24.9. The standard InChI is InChI=1S/C55H98BO8/c1-21-42-35-54(19,38-50(11,12)59-32-26-24-29-48(7,8)53(17,18)62-40-56-64-46(58)41(3)4)30-27-44(42)43-36-55(20,37-43)39-51(13,14)60-33-25-23-28-47(5,6)52(15,16)61-34-31-49(9,10)63-45(57)22-2/h21-22,42-44H,1-3,23-40H2,4-20H3. The average Bonchev–Trinajstić information content (AvgIpc) is 3.13. The van der Waals surface area contributed by atoms with Crippen LogP contribution < -0.4 is 0 Å². The summed E-state index contributed by atoms with van der Waals surface area (Å²) in [5.74, 6) is 1.19. The quantitative estimate of drug-likeness (QED) is 0.0223. The van der Waals surface area contributed by atoms with Crippen LogP contribution in [0, 0.1) is 39.4 Å². The van der Waals surface area contributed by atoms with Crippen molar-refractivity contribution in [2.45, 2.75) is 236 Å². The molecule has 3 atom stereocenters. The zero-order valence-corrected chi connectivity index (χ0v) is 44.6. The molecule has 2 saturated carbocycles. The lowest BCUT2D eigenvalue weighted by molar-refractivity contribution is -0.155. The summed E-state index contributed by atoms with van der Waals surface area (Å²) < 4.78 is 36.4. The molecule has 64 heavy (non-hydrogen) atoms. The summed E-state index contributed by atoms with van der Waals surface area (Å²) in [5.41, 5.74) is -0.823. The lowest BCUT2D eigenvalue weighted by Gasteiger charge is -2.55. The number of esters is 1. The number of unbranched alkanes of at least 4 members (excludes halogenated alkanes) is 2. The van der Waals surface area contributed by atoms with E-state index in [1.165, 1.54) is 45.7 Å². The van der Waals surface area contributed by atoms with Crippen LogP contribution in [-0.4, -0.2) is 73.8 Å². The minimum Gasteiger partial charge on any atom is -0.533 e. The van der Waals surface area contributed by atoms with Crippen LogP contribution in [0.2, 0.25) is 0 Å². The summed E-state index contributed by atoms with van der Waals surface area (Å²) >= 11 is 0. The molecule has 0 saturated heterocycles. The lowest BCUT2D eigenvalue weighted by Crippen LogP contribution is -2.47. The molecule has 8 nitrogen and oxygen atoms in total. The molecule has 2 rings (SSSR count). The summed E-state index contributed by atoms with van der Waals surface area (Å²) in [6.07, 6.45) is 18.7. The van der Waals surface area contributed by atoms with E-state index in [2.05, 4.69) is 123 Å². The summed E-state index contributed by atoms with van der Waals surface area (Å²) in [5, 5.41) is 0. The predicted molar refractivity (Wildman–Crippen MR) is 266 cm³/mol. The van der Waals surface area contributed by atoms with Crippen LogP contribution >= 0.6 is 0 Å². The fourth-order valence-electron chi connectivity index (χ4n) is 10.8. The summed E-state index contributed by atoms with van der Waals surface area (Å²) in [7, 11) is 1.42. The van der Waals surface area contributed by atoms with Crippen molar-refractivity contribution in [1.29, 1.82) is 0 Å². The second-order valence-electron chi connectivity index (χ2n) is 25.0. The van der Waals surface area contributed by atoms with Gasteiger partial charge in [0.1, 0.15) is 5.60 Å². The third-order valence-corrected chi connectivity index (χ3v) is 15.9. The highest BCUT2D eigenvalue weighted by Crippen LogP contribution is 2.59. The Bertz CT molecular complexity index is 1510. The number of hydrogen-bond acceptors (Lipinski definition) is 8. The summed E-state index contributed by atoms with van der Waals surface area (Å²) in [6.45, 7) is 51.0. The molecule has 2 fully saturated rings. The molecule has 0 spiro atoms. The van der Waals surface area contributed by atoms with Gasteiger partial charge in [-0.25, -0.2) is 9.59 Å². The minimum absolute atomic E-state index is 0.0244. The molecule has 0 aromatic heterocycles. The molecule has 2 aliphatic rings. The molecule has 9 heteroatoms. The van der Waals surface area contributed by atoms with Crippen molar-refractivity contribution in [1.82, 2.24) is 0 Å². The Labute approximate surface area is 394 Å². The Hall–Kier alpha value is -1.94. The highest BCUT2D eigenvalue weighted by Gasteiger charge is 2.50. The second kappa shape index (κ2) is 23.4. The van der Waals surface area contributed by atoms with Gasteiger partial charge in [0.05, 0.1) is 35.5 Å². The van der Waals surface area contributed by atoms with Gasteiger partial charge >= 0.3 is 19.4 Å². The van der Waals surface area contributed by atoms with Crippen molar-refractivity contribution in [3.63, 3.8) is 0 Å². The topological polar surface area (TPSA) is 89.5 Å². The normalized spacial score (nSPS) is 23.8. The van der Waals surface area contributed by atoms with Crippen LogP contribution in [0.15, 0.2) is 37.5 Å². The van der Waals surface area contributed by atoms with Gasteiger partial charge in [-0.2, -0.15) is 0 Å². The molecule has 0 N–H and O–H groups in total. The molecule has 0 bridgehead atoms. The fraction of sp³-hybridized carbons (Fsp3) is 0.855. The van der Waals surface area contributed by atoms with Crippen LogP contribution in [0.3, 0.4) is 0 Å². The van der Waals surface area contributed by atoms with E-state index in [-0.39, 0.29) is 45.2 Å². The van der Waals surface area contributed by atoms with Crippen molar-refractivity contribution < 1.29 is 37.9 Å². The van der Waals surface area contributed by atoms with E-state index in [1.54, 1.807) is 6.92 Å². The number of carbonyl (C=O) groups excluding carboxylic acids is 2.